The number of urea groups is 1. The number of aromatic nitrogens is 1. The highest BCUT2D eigenvalue weighted by molar-refractivity contribution is 6.11. The van der Waals surface area contributed by atoms with Crippen molar-refractivity contribution in [2.24, 2.45) is 0 Å². The topological polar surface area (TPSA) is 71.4 Å². The van der Waals surface area contributed by atoms with E-state index in [0.29, 0.717) is 11.1 Å². The van der Waals surface area contributed by atoms with Gasteiger partial charge in [-0.25, -0.2) is 9.18 Å². The molecule has 1 N–H and O–H groups in total. The lowest BCUT2D eigenvalue weighted by molar-refractivity contribution is -0.131. The summed E-state index contributed by atoms with van der Waals surface area (Å²) >= 11 is 0. The first-order valence-electron chi connectivity index (χ1n) is 10.9. The Morgan fingerprint density at radius 1 is 1.00 bits per heavy atom. The molecule has 1 aromatic heterocycles. The number of hydrogen-bond donors (Lipinski definition) is 1. The number of Topliss-reactive ketones (excluding diaryl/α,β-unsaturated/α-hetero) is 1. The molecule has 1 unspecified atom stereocenters. The van der Waals surface area contributed by atoms with E-state index in [9.17, 15) is 18.8 Å². The Kier molecular flexibility index (Phi) is 5.66. The van der Waals surface area contributed by atoms with Crippen molar-refractivity contribution in [3.63, 3.8) is 0 Å². The molecule has 0 radical (unpaired) electrons. The average molecular weight is 448 g/mol. The van der Waals surface area contributed by atoms with Crippen molar-refractivity contribution in [1.29, 1.82) is 0 Å². The van der Waals surface area contributed by atoms with E-state index < -0.39 is 23.3 Å². The van der Waals surface area contributed by atoms with Gasteiger partial charge in [0.15, 0.2) is 5.78 Å². The smallest absolute Gasteiger partial charge is 0.319 e. The second kappa shape index (κ2) is 8.31. The van der Waals surface area contributed by atoms with Gasteiger partial charge in [-0.05, 0) is 63.1 Å². The molecule has 4 rings (SSSR count). The highest BCUT2D eigenvalue weighted by Crippen LogP contribution is 2.33. The second-order valence-corrected chi connectivity index (χ2v) is 8.47. The predicted octanol–water partition coefficient (Wildman–Crippen LogP) is 4.58. The van der Waals surface area contributed by atoms with E-state index >= 15 is 0 Å². The van der Waals surface area contributed by atoms with Crippen molar-refractivity contribution in [2.75, 3.05) is 6.54 Å². The molecule has 170 valence electrons. The van der Waals surface area contributed by atoms with Crippen molar-refractivity contribution in [2.45, 2.75) is 39.7 Å². The first kappa shape index (κ1) is 22.5. The van der Waals surface area contributed by atoms with Crippen LogP contribution in [0.2, 0.25) is 0 Å². The number of amides is 3. The Hall–Kier alpha value is -3.74. The summed E-state index contributed by atoms with van der Waals surface area (Å²) in [6.45, 7) is 7.16. The monoisotopic (exact) mass is 447 g/mol. The van der Waals surface area contributed by atoms with E-state index in [0.717, 1.165) is 27.5 Å². The molecule has 3 aromatic rings. The number of carbonyl (C=O) groups is 3. The van der Waals surface area contributed by atoms with Gasteiger partial charge in [0, 0.05) is 22.6 Å². The fraction of sp³-hybridized carbons (Fsp3) is 0.269. The SMILES string of the molecule is CCC1(c2ccc(F)cc2)NC(=O)N(CC(=O)c2cc(C)n(-c3ccc(C)cc3)c2C)C1=O. The van der Waals surface area contributed by atoms with Gasteiger partial charge in [-0.15, -0.1) is 0 Å². The summed E-state index contributed by atoms with van der Waals surface area (Å²) in [7, 11) is 0. The lowest BCUT2D eigenvalue weighted by Crippen LogP contribution is -2.43. The number of benzene rings is 2. The summed E-state index contributed by atoms with van der Waals surface area (Å²) < 4.78 is 15.4. The van der Waals surface area contributed by atoms with Crippen LogP contribution in [0.3, 0.4) is 0 Å². The van der Waals surface area contributed by atoms with Crippen LogP contribution in [0.5, 0.6) is 0 Å². The molecule has 0 aliphatic carbocycles. The third-order valence-corrected chi connectivity index (χ3v) is 6.37. The summed E-state index contributed by atoms with van der Waals surface area (Å²) in [5, 5.41) is 2.73. The summed E-state index contributed by atoms with van der Waals surface area (Å²) in [6.07, 6.45) is 0.274. The molecule has 0 bridgehead atoms. The zero-order valence-corrected chi connectivity index (χ0v) is 19.1. The molecule has 1 atom stereocenters. The van der Waals surface area contributed by atoms with Crippen LogP contribution in [0.1, 0.15) is 46.2 Å². The quantitative estimate of drug-likeness (QED) is 0.444. The number of imide groups is 1. The third kappa shape index (κ3) is 3.73. The zero-order valence-electron chi connectivity index (χ0n) is 19.1. The summed E-state index contributed by atoms with van der Waals surface area (Å²) in [4.78, 5) is 40.2. The Labute approximate surface area is 192 Å². The van der Waals surface area contributed by atoms with Crippen LogP contribution in [-0.2, 0) is 10.3 Å². The van der Waals surface area contributed by atoms with E-state index in [2.05, 4.69) is 5.32 Å². The fourth-order valence-corrected chi connectivity index (χ4v) is 4.51. The minimum atomic E-state index is -1.32. The van der Waals surface area contributed by atoms with Crippen molar-refractivity contribution in [1.82, 2.24) is 14.8 Å². The maximum absolute atomic E-state index is 13.4. The average Bonchev–Trinajstić information content (AvgIpc) is 3.22. The van der Waals surface area contributed by atoms with Crippen LogP contribution < -0.4 is 5.32 Å². The number of carbonyl (C=O) groups excluding carboxylic acids is 3. The number of nitrogens with zero attached hydrogens (tertiary/aromatic N) is 2. The van der Waals surface area contributed by atoms with Gasteiger partial charge in [-0.1, -0.05) is 36.8 Å². The van der Waals surface area contributed by atoms with E-state index in [1.165, 1.54) is 24.3 Å². The lowest BCUT2D eigenvalue weighted by Gasteiger charge is -2.25. The van der Waals surface area contributed by atoms with Crippen molar-refractivity contribution < 1.29 is 18.8 Å². The second-order valence-electron chi connectivity index (χ2n) is 8.47. The highest BCUT2D eigenvalue weighted by Gasteiger charge is 2.51. The number of ketones is 1. The van der Waals surface area contributed by atoms with E-state index in [4.69, 9.17) is 0 Å². The summed E-state index contributed by atoms with van der Waals surface area (Å²) in [5.74, 6) is -1.27. The number of nitrogens with one attached hydrogen (secondary N) is 1. The predicted molar refractivity (Wildman–Crippen MR) is 123 cm³/mol. The summed E-state index contributed by atoms with van der Waals surface area (Å²) in [6, 6.07) is 14.6. The Morgan fingerprint density at radius 3 is 2.24 bits per heavy atom. The molecule has 2 aromatic carbocycles. The van der Waals surface area contributed by atoms with E-state index in [1.54, 1.807) is 13.0 Å². The molecule has 6 nitrogen and oxygen atoms in total. The maximum Gasteiger partial charge on any atom is 0.325 e. The molecular weight excluding hydrogens is 421 g/mol. The van der Waals surface area contributed by atoms with Crippen LogP contribution in [0.25, 0.3) is 5.69 Å². The van der Waals surface area contributed by atoms with Gasteiger partial charge in [0.25, 0.3) is 5.91 Å². The molecular formula is C26H26FN3O3. The number of aryl methyl sites for hydroxylation is 2. The van der Waals surface area contributed by atoms with Gasteiger partial charge in [0.1, 0.15) is 11.4 Å². The lowest BCUT2D eigenvalue weighted by atomic mass is 9.87. The molecule has 3 amide bonds. The van der Waals surface area contributed by atoms with Crippen molar-refractivity contribution >= 4 is 17.7 Å². The number of hydrogen-bond acceptors (Lipinski definition) is 3. The summed E-state index contributed by atoms with van der Waals surface area (Å²) in [5.41, 5.74) is 3.33. The van der Waals surface area contributed by atoms with Crippen LogP contribution >= 0.6 is 0 Å². The number of rotatable bonds is 6. The molecule has 1 aliphatic rings. The van der Waals surface area contributed by atoms with Crippen LogP contribution in [0.15, 0.2) is 54.6 Å². The Balaban J connectivity index is 1.62. The molecule has 33 heavy (non-hydrogen) atoms. The largest absolute Gasteiger partial charge is 0.325 e. The van der Waals surface area contributed by atoms with Gasteiger partial charge < -0.3 is 9.88 Å². The minimum Gasteiger partial charge on any atom is -0.319 e. The van der Waals surface area contributed by atoms with Crippen molar-refractivity contribution in [3.8, 4) is 5.69 Å². The molecule has 1 fully saturated rings. The van der Waals surface area contributed by atoms with Crippen molar-refractivity contribution in [3.05, 3.63) is 88.5 Å². The number of halogens is 1. The highest BCUT2D eigenvalue weighted by atomic mass is 19.1. The Bertz CT molecular complexity index is 1250. The third-order valence-electron chi connectivity index (χ3n) is 6.37. The fourth-order valence-electron chi connectivity index (χ4n) is 4.51. The van der Waals surface area contributed by atoms with E-state index in [1.807, 2.05) is 49.6 Å². The normalized spacial score (nSPS) is 18.0. The maximum atomic E-state index is 13.4. The van der Waals surface area contributed by atoms with Gasteiger partial charge in [0.2, 0.25) is 0 Å². The molecule has 0 spiro atoms. The molecule has 2 heterocycles. The van der Waals surface area contributed by atoms with Crippen LogP contribution in [0, 0.1) is 26.6 Å². The van der Waals surface area contributed by atoms with Crippen LogP contribution in [-0.4, -0.2) is 33.7 Å². The zero-order chi connectivity index (χ0) is 23.9. The van der Waals surface area contributed by atoms with Crippen LogP contribution in [0.4, 0.5) is 9.18 Å². The van der Waals surface area contributed by atoms with Gasteiger partial charge >= 0.3 is 6.03 Å². The molecule has 0 saturated carbocycles. The first-order valence-corrected chi connectivity index (χ1v) is 10.9. The standard InChI is InChI=1S/C26H26FN3O3/c1-5-26(19-8-10-20(27)11-9-19)24(32)29(25(33)28-26)15-23(31)22-14-17(3)30(18(22)4)21-12-6-16(2)7-13-21/h6-14H,5,15H2,1-4H3,(H,28,33). The van der Waals surface area contributed by atoms with Gasteiger partial charge in [0.05, 0.1) is 6.54 Å². The Morgan fingerprint density at radius 2 is 1.64 bits per heavy atom. The minimum absolute atomic E-state index is 0.274. The first-order chi connectivity index (χ1) is 15.7. The molecule has 1 saturated heterocycles. The van der Waals surface area contributed by atoms with Gasteiger partial charge in [-0.2, -0.15) is 0 Å². The van der Waals surface area contributed by atoms with E-state index in [-0.39, 0.29) is 18.7 Å². The molecule has 1 aliphatic heterocycles. The molecule has 7 heteroatoms. The van der Waals surface area contributed by atoms with Gasteiger partial charge in [-0.3, -0.25) is 14.5 Å².